The maximum absolute atomic E-state index is 13.0. The standard InChI is InChI=1S/C28H29FN2O/c1-19-7-6-17-28(19)24-16-13-20-8-2-3-9-23(20)26(24)31-25(28)10-4-5-18-30-27(32)21-11-14-22(29)15-12-21/h2-3,8-9,11-16,25,31H,1,4-7,10,17-18H2,(H,30,32)/t25-,28-/m0/s1. The van der Waals surface area contributed by atoms with Gasteiger partial charge in [-0.15, -0.1) is 0 Å². The second-order valence-corrected chi connectivity index (χ2v) is 9.09. The molecule has 0 bridgehead atoms. The summed E-state index contributed by atoms with van der Waals surface area (Å²) in [6.07, 6.45) is 6.40. The molecule has 1 amide bonds. The van der Waals surface area contributed by atoms with E-state index in [1.807, 2.05) is 0 Å². The molecule has 2 aliphatic rings. The maximum Gasteiger partial charge on any atom is 0.251 e. The summed E-state index contributed by atoms with van der Waals surface area (Å²) in [6, 6.07) is 19.1. The molecule has 164 valence electrons. The number of hydrogen-bond donors (Lipinski definition) is 2. The number of anilines is 1. The summed E-state index contributed by atoms with van der Waals surface area (Å²) >= 11 is 0. The van der Waals surface area contributed by atoms with Crippen molar-refractivity contribution in [1.29, 1.82) is 0 Å². The third-order valence-electron chi connectivity index (χ3n) is 7.32. The molecule has 0 aromatic heterocycles. The largest absolute Gasteiger partial charge is 0.380 e. The Balaban J connectivity index is 1.25. The molecule has 32 heavy (non-hydrogen) atoms. The summed E-state index contributed by atoms with van der Waals surface area (Å²) in [5.41, 5.74) is 4.56. The predicted molar refractivity (Wildman–Crippen MR) is 129 cm³/mol. The quantitative estimate of drug-likeness (QED) is 0.355. The van der Waals surface area contributed by atoms with Crippen molar-refractivity contribution in [2.75, 3.05) is 11.9 Å². The van der Waals surface area contributed by atoms with Crippen molar-refractivity contribution in [2.45, 2.75) is 50.0 Å². The number of amides is 1. The van der Waals surface area contributed by atoms with Crippen LogP contribution in [0.4, 0.5) is 10.1 Å². The van der Waals surface area contributed by atoms with Gasteiger partial charge >= 0.3 is 0 Å². The average Bonchev–Trinajstić information content (AvgIpc) is 3.35. The van der Waals surface area contributed by atoms with Crippen LogP contribution >= 0.6 is 0 Å². The monoisotopic (exact) mass is 428 g/mol. The topological polar surface area (TPSA) is 41.1 Å². The number of hydrogen-bond acceptors (Lipinski definition) is 2. The van der Waals surface area contributed by atoms with Gasteiger partial charge in [0.2, 0.25) is 0 Å². The van der Waals surface area contributed by atoms with Gasteiger partial charge in [-0.3, -0.25) is 4.79 Å². The van der Waals surface area contributed by atoms with Crippen molar-refractivity contribution in [2.24, 2.45) is 0 Å². The first-order chi connectivity index (χ1) is 15.6. The Labute approximate surface area is 188 Å². The van der Waals surface area contributed by atoms with Crippen LogP contribution < -0.4 is 10.6 Å². The van der Waals surface area contributed by atoms with Crippen LogP contribution in [0.25, 0.3) is 10.8 Å². The Hall–Kier alpha value is -3.14. The second-order valence-electron chi connectivity index (χ2n) is 9.09. The molecular weight excluding hydrogens is 399 g/mol. The van der Waals surface area contributed by atoms with Gasteiger partial charge in [-0.1, -0.05) is 48.6 Å². The molecule has 1 fully saturated rings. The van der Waals surface area contributed by atoms with Gasteiger partial charge in [0.1, 0.15) is 5.82 Å². The van der Waals surface area contributed by atoms with Gasteiger partial charge in [0.15, 0.2) is 0 Å². The number of carbonyl (C=O) groups is 1. The molecule has 1 heterocycles. The maximum atomic E-state index is 13.0. The highest BCUT2D eigenvalue weighted by Crippen LogP contribution is 2.56. The lowest BCUT2D eigenvalue weighted by atomic mass is 9.71. The molecule has 1 aliphatic carbocycles. The zero-order chi connectivity index (χ0) is 22.1. The van der Waals surface area contributed by atoms with Crippen LogP contribution in [-0.4, -0.2) is 18.5 Å². The molecule has 1 saturated carbocycles. The molecule has 0 saturated heterocycles. The normalized spacial score (nSPS) is 21.7. The lowest BCUT2D eigenvalue weighted by Gasteiger charge is -2.33. The molecule has 3 aromatic rings. The molecule has 2 N–H and O–H groups in total. The minimum Gasteiger partial charge on any atom is -0.380 e. The van der Waals surface area contributed by atoms with Gasteiger partial charge < -0.3 is 10.6 Å². The summed E-state index contributed by atoms with van der Waals surface area (Å²) in [7, 11) is 0. The fourth-order valence-electron chi connectivity index (χ4n) is 5.71. The van der Waals surface area contributed by atoms with E-state index >= 15 is 0 Å². The van der Waals surface area contributed by atoms with E-state index in [0.29, 0.717) is 18.2 Å². The van der Waals surface area contributed by atoms with Crippen LogP contribution in [-0.2, 0) is 5.41 Å². The summed E-state index contributed by atoms with van der Waals surface area (Å²) < 4.78 is 13.0. The molecule has 2 atom stereocenters. The van der Waals surface area contributed by atoms with Crippen molar-refractivity contribution in [1.82, 2.24) is 5.32 Å². The Morgan fingerprint density at radius 3 is 2.69 bits per heavy atom. The summed E-state index contributed by atoms with van der Waals surface area (Å²) in [6.45, 7) is 5.12. The van der Waals surface area contributed by atoms with E-state index in [-0.39, 0.29) is 17.1 Å². The fraction of sp³-hybridized carbons (Fsp3) is 0.321. The molecule has 0 unspecified atom stereocenters. The Kier molecular flexibility index (Phi) is 5.46. The minimum absolute atomic E-state index is 0.0245. The van der Waals surface area contributed by atoms with Gasteiger partial charge in [-0.25, -0.2) is 4.39 Å². The molecule has 5 rings (SSSR count). The number of fused-ring (bicyclic) bond motifs is 4. The Morgan fingerprint density at radius 2 is 1.91 bits per heavy atom. The SMILES string of the molecule is C=C1CCC[C@@]12c1ccc3ccccc3c1N[C@H]2CCCCNC(=O)c1ccc(F)cc1. The summed E-state index contributed by atoms with van der Waals surface area (Å²) in [5.74, 6) is -0.481. The van der Waals surface area contributed by atoms with Crippen LogP contribution in [0.15, 0.2) is 72.8 Å². The van der Waals surface area contributed by atoms with Crippen LogP contribution in [0.5, 0.6) is 0 Å². The lowest BCUT2D eigenvalue weighted by Crippen LogP contribution is -2.37. The lowest BCUT2D eigenvalue weighted by molar-refractivity contribution is 0.0953. The first kappa shape index (κ1) is 20.7. The number of nitrogens with one attached hydrogen (secondary N) is 2. The zero-order valence-corrected chi connectivity index (χ0v) is 18.3. The second kappa shape index (κ2) is 8.42. The third-order valence-corrected chi connectivity index (χ3v) is 7.32. The van der Waals surface area contributed by atoms with Crippen molar-refractivity contribution in [3.05, 3.63) is 89.8 Å². The first-order valence-corrected chi connectivity index (χ1v) is 11.6. The third kappa shape index (κ3) is 3.48. The van der Waals surface area contributed by atoms with E-state index in [9.17, 15) is 9.18 Å². The van der Waals surface area contributed by atoms with Crippen molar-refractivity contribution in [3.8, 4) is 0 Å². The van der Waals surface area contributed by atoms with Gasteiger partial charge in [-0.2, -0.15) is 0 Å². The first-order valence-electron chi connectivity index (χ1n) is 11.6. The van der Waals surface area contributed by atoms with Crippen LogP contribution in [0.1, 0.15) is 54.4 Å². The van der Waals surface area contributed by atoms with E-state index in [4.69, 9.17) is 0 Å². The molecule has 1 aliphatic heterocycles. The van der Waals surface area contributed by atoms with Crippen molar-refractivity contribution in [3.63, 3.8) is 0 Å². The van der Waals surface area contributed by atoms with Crippen molar-refractivity contribution < 1.29 is 9.18 Å². The number of rotatable bonds is 6. The molecule has 3 aromatic carbocycles. The molecule has 3 nitrogen and oxygen atoms in total. The average molecular weight is 429 g/mol. The van der Waals surface area contributed by atoms with E-state index in [1.165, 1.54) is 58.3 Å². The van der Waals surface area contributed by atoms with Gasteiger partial charge in [0.25, 0.3) is 5.91 Å². The Bertz CT molecular complexity index is 1170. The van der Waals surface area contributed by atoms with Gasteiger partial charge in [-0.05, 0) is 73.7 Å². The highest BCUT2D eigenvalue weighted by molar-refractivity contribution is 5.98. The number of unbranched alkanes of at least 4 members (excludes halogenated alkanes) is 1. The number of carbonyl (C=O) groups excluding carboxylic acids is 1. The van der Waals surface area contributed by atoms with E-state index in [1.54, 1.807) is 0 Å². The zero-order valence-electron chi connectivity index (χ0n) is 18.3. The fourth-order valence-corrected chi connectivity index (χ4v) is 5.71. The van der Waals surface area contributed by atoms with Crippen LogP contribution in [0.2, 0.25) is 0 Å². The van der Waals surface area contributed by atoms with E-state index in [2.05, 4.69) is 53.6 Å². The smallest absolute Gasteiger partial charge is 0.251 e. The van der Waals surface area contributed by atoms with E-state index in [0.717, 1.165) is 32.1 Å². The molecule has 0 radical (unpaired) electrons. The van der Waals surface area contributed by atoms with Gasteiger partial charge in [0, 0.05) is 34.6 Å². The van der Waals surface area contributed by atoms with E-state index < -0.39 is 0 Å². The molecule has 4 heteroatoms. The van der Waals surface area contributed by atoms with Gasteiger partial charge in [0.05, 0.1) is 0 Å². The predicted octanol–water partition coefficient (Wildman–Crippen LogP) is 6.35. The number of halogens is 1. The molecular formula is C28H29FN2O. The van der Waals surface area contributed by atoms with Crippen LogP contribution in [0, 0.1) is 5.82 Å². The minimum atomic E-state index is -0.332. The van der Waals surface area contributed by atoms with Crippen molar-refractivity contribution >= 4 is 22.4 Å². The number of benzene rings is 3. The highest BCUT2D eigenvalue weighted by Gasteiger charge is 2.50. The molecule has 1 spiro atoms. The highest BCUT2D eigenvalue weighted by atomic mass is 19.1. The Morgan fingerprint density at radius 1 is 1.09 bits per heavy atom. The van der Waals surface area contributed by atoms with Crippen LogP contribution in [0.3, 0.4) is 0 Å². The summed E-state index contributed by atoms with van der Waals surface area (Å²) in [5, 5.41) is 9.40. The summed E-state index contributed by atoms with van der Waals surface area (Å²) in [4.78, 5) is 12.2.